The van der Waals surface area contributed by atoms with E-state index in [9.17, 15) is 23.4 Å². The molecule has 0 saturated carbocycles. The van der Waals surface area contributed by atoms with Crippen LogP contribution >= 0.6 is 0 Å². The Balaban J connectivity index is 2.55. The van der Waals surface area contributed by atoms with Crippen molar-refractivity contribution in [2.45, 2.75) is 75.5 Å². The van der Waals surface area contributed by atoms with Gasteiger partial charge in [-0.05, 0) is 70.6 Å². The predicted molar refractivity (Wildman–Crippen MR) is 166 cm³/mol. The topological polar surface area (TPSA) is 117 Å². The molecule has 0 aliphatic carbocycles. The molecule has 2 aromatic carbocycles. The van der Waals surface area contributed by atoms with Crippen molar-refractivity contribution in [3.8, 4) is 11.5 Å². The maximum atomic E-state index is 14.2. The number of sulfonamides is 1. The largest absolute Gasteiger partial charge is 0.497 e. The number of benzene rings is 2. The molecular formula is C32H46N2O7S. The van der Waals surface area contributed by atoms with E-state index in [4.69, 9.17) is 9.47 Å². The van der Waals surface area contributed by atoms with Crippen LogP contribution < -0.4 is 9.47 Å². The van der Waals surface area contributed by atoms with Crippen molar-refractivity contribution in [3.05, 3.63) is 79.4 Å². The lowest BCUT2D eigenvalue weighted by Crippen LogP contribution is -2.58. The van der Waals surface area contributed by atoms with Crippen molar-refractivity contribution in [1.82, 2.24) is 9.21 Å². The van der Waals surface area contributed by atoms with Gasteiger partial charge in [0.1, 0.15) is 16.4 Å². The van der Waals surface area contributed by atoms with Gasteiger partial charge in [-0.25, -0.2) is 13.2 Å². The quantitative estimate of drug-likeness (QED) is 0.165. The van der Waals surface area contributed by atoms with Gasteiger partial charge in [0.2, 0.25) is 10.0 Å². The molecule has 2 atom stereocenters. The summed E-state index contributed by atoms with van der Waals surface area (Å²) in [5.41, 5.74) is -0.0345. The Morgan fingerprint density at radius 1 is 1.05 bits per heavy atom. The highest BCUT2D eigenvalue weighted by atomic mass is 32.2. The molecule has 0 aliphatic rings. The molecule has 0 fully saturated rings. The number of allylic oxidation sites excluding steroid dienone is 1. The monoisotopic (exact) mass is 602 g/mol. The standard InChI is InChI=1S/C32H46N2O7S/c1-7-9-11-15-20-33(42(38,39)30-19-18-26(40-6)23-29(30)41-21-10-8-2)24-28(35)27(22-25-16-13-12-14-17-25)34(31(36)37)32(3,4)5/h7-8,12-14,16-19,23,27-28,35H,1-2,9-11,15,20-22,24H2,3-6H3,(H,36,37)/t27-,28+/m0/s1. The second kappa shape index (κ2) is 16.3. The number of aliphatic hydroxyl groups is 1. The van der Waals surface area contributed by atoms with Crippen molar-refractivity contribution in [1.29, 1.82) is 0 Å². The van der Waals surface area contributed by atoms with Crippen LogP contribution in [0.5, 0.6) is 11.5 Å². The lowest BCUT2D eigenvalue weighted by Gasteiger charge is -2.42. The number of ether oxygens (including phenoxy) is 2. The number of nitrogens with zero attached hydrogens (tertiary/aromatic N) is 2. The third kappa shape index (κ3) is 9.89. The second-order valence-electron chi connectivity index (χ2n) is 11.0. The Hall–Kier alpha value is -3.34. The number of hydrogen-bond acceptors (Lipinski definition) is 6. The molecule has 42 heavy (non-hydrogen) atoms. The van der Waals surface area contributed by atoms with Crippen molar-refractivity contribution in [2.75, 3.05) is 26.8 Å². The van der Waals surface area contributed by atoms with Crippen molar-refractivity contribution in [2.24, 2.45) is 0 Å². The first kappa shape index (κ1) is 34.9. The molecule has 9 nitrogen and oxygen atoms in total. The van der Waals surface area contributed by atoms with Gasteiger partial charge in [0, 0.05) is 24.7 Å². The van der Waals surface area contributed by atoms with E-state index < -0.39 is 33.8 Å². The Morgan fingerprint density at radius 3 is 2.29 bits per heavy atom. The molecule has 0 aromatic heterocycles. The van der Waals surface area contributed by atoms with Gasteiger partial charge < -0.3 is 19.7 Å². The zero-order valence-corrected chi connectivity index (χ0v) is 26.1. The van der Waals surface area contributed by atoms with E-state index in [0.29, 0.717) is 31.4 Å². The molecule has 0 radical (unpaired) electrons. The van der Waals surface area contributed by atoms with E-state index in [0.717, 1.165) is 5.56 Å². The van der Waals surface area contributed by atoms with Crippen LogP contribution in [0.1, 0.15) is 52.0 Å². The smallest absolute Gasteiger partial charge is 0.408 e. The van der Waals surface area contributed by atoms with Gasteiger partial charge in [-0.1, -0.05) is 42.5 Å². The van der Waals surface area contributed by atoms with Crippen LogP contribution in [-0.2, 0) is 16.4 Å². The number of amides is 1. The van der Waals surface area contributed by atoms with Crippen LogP contribution in [0.3, 0.4) is 0 Å². The maximum absolute atomic E-state index is 14.2. The van der Waals surface area contributed by atoms with Gasteiger partial charge in [0.25, 0.3) is 0 Å². The van der Waals surface area contributed by atoms with Gasteiger partial charge in [0.05, 0.1) is 25.9 Å². The highest BCUT2D eigenvalue weighted by Gasteiger charge is 2.40. The Labute approximate surface area is 251 Å². The highest BCUT2D eigenvalue weighted by Crippen LogP contribution is 2.32. The van der Waals surface area contributed by atoms with Crippen molar-refractivity contribution < 1.29 is 32.9 Å². The number of methoxy groups -OCH3 is 1. The van der Waals surface area contributed by atoms with Gasteiger partial charge >= 0.3 is 6.09 Å². The van der Waals surface area contributed by atoms with E-state index >= 15 is 0 Å². The lowest BCUT2D eigenvalue weighted by molar-refractivity contribution is 0.00108. The number of rotatable bonds is 18. The van der Waals surface area contributed by atoms with Crippen LogP contribution in [-0.4, -0.2) is 78.4 Å². The third-order valence-corrected chi connectivity index (χ3v) is 8.70. The summed E-state index contributed by atoms with van der Waals surface area (Å²) in [6.45, 7) is 12.7. The molecule has 0 spiro atoms. The minimum atomic E-state index is -4.19. The number of aliphatic hydroxyl groups excluding tert-OH is 1. The average Bonchev–Trinajstić information content (AvgIpc) is 2.93. The number of hydrogen-bond donors (Lipinski definition) is 2. The molecule has 0 aliphatic heterocycles. The molecule has 0 saturated heterocycles. The fraction of sp³-hybridized carbons (Fsp3) is 0.469. The summed E-state index contributed by atoms with van der Waals surface area (Å²) < 4.78 is 40.7. The maximum Gasteiger partial charge on any atom is 0.408 e. The minimum Gasteiger partial charge on any atom is -0.497 e. The Bertz CT molecular complexity index is 1260. The van der Waals surface area contributed by atoms with Crippen LogP contribution in [0.4, 0.5) is 4.79 Å². The van der Waals surface area contributed by atoms with Crippen molar-refractivity contribution in [3.63, 3.8) is 0 Å². The van der Waals surface area contributed by atoms with E-state index in [1.54, 1.807) is 39.0 Å². The molecule has 0 bridgehead atoms. The molecular weight excluding hydrogens is 556 g/mol. The summed E-state index contributed by atoms with van der Waals surface area (Å²) in [5.74, 6) is 0.565. The summed E-state index contributed by atoms with van der Waals surface area (Å²) in [6.07, 6.45) is 3.56. The average molecular weight is 603 g/mol. The SMILES string of the molecule is C=CCCCCN(C[C@@H](O)[C@H](Cc1ccccc1)N(C(=O)O)C(C)(C)C)S(=O)(=O)c1ccc(OC)cc1OCCC=C. The van der Waals surface area contributed by atoms with Gasteiger partial charge in [0.15, 0.2) is 0 Å². The summed E-state index contributed by atoms with van der Waals surface area (Å²) in [4.78, 5) is 13.7. The number of carbonyl (C=O) groups is 1. The third-order valence-electron chi connectivity index (χ3n) is 6.80. The summed E-state index contributed by atoms with van der Waals surface area (Å²) in [6, 6.07) is 12.8. The molecule has 232 valence electrons. The molecule has 0 unspecified atom stereocenters. The van der Waals surface area contributed by atoms with E-state index in [1.165, 1.54) is 28.4 Å². The fourth-order valence-electron chi connectivity index (χ4n) is 4.73. The highest BCUT2D eigenvalue weighted by molar-refractivity contribution is 7.89. The Kier molecular flexibility index (Phi) is 13.6. The van der Waals surface area contributed by atoms with Crippen LogP contribution in [0.25, 0.3) is 0 Å². The number of carboxylic acid groups (broad SMARTS) is 1. The first-order valence-electron chi connectivity index (χ1n) is 14.1. The molecule has 2 N–H and O–H groups in total. The zero-order valence-electron chi connectivity index (χ0n) is 25.2. The number of unbranched alkanes of at least 4 members (excludes halogenated alkanes) is 2. The normalized spacial score (nSPS) is 13.3. The predicted octanol–water partition coefficient (Wildman–Crippen LogP) is 5.75. The first-order valence-corrected chi connectivity index (χ1v) is 15.6. The van der Waals surface area contributed by atoms with Crippen molar-refractivity contribution >= 4 is 16.1 Å². The lowest BCUT2D eigenvalue weighted by atomic mass is 9.94. The van der Waals surface area contributed by atoms with E-state index in [-0.39, 0.29) is 36.8 Å². The molecule has 2 rings (SSSR count). The van der Waals surface area contributed by atoms with E-state index in [1.807, 2.05) is 30.3 Å². The molecule has 0 heterocycles. The summed E-state index contributed by atoms with van der Waals surface area (Å²) in [7, 11) is -2.71. The van der Waals surface area contributed by atoms with Crippen LogP contribution in [0.2, 0.25) is 0 Å². The second-order valence-corrected chi connectivity index (χ2v) is 12.9. The van der Waals surface area contributed by atoms with Crippen LogP contribution in [0, 0.1) is 0 Å². The summed E-state index contributed by atoms with van der Waals surface area (Å²) in [5, 5.41) is 21.9. The van der Waals surface area contributed by atoms with Gasteiger partial charge in [-0.3, -0.25) is 4.90 Å². The van der Waals surface area contributed by atoms with Crippen LogP contribution in [0.15, 0.2) is 78.7 Å². The zero-order chi connectivity index (χ0) is 31.3. The van der Waals surface area contributed by atoms with E-state index in [2.05, 4.69) is 13.2 Å². The Morgan fingerprint density at radius 2 is 1.71 bits per heavy atom. The minimum absolute atomic E-state index is 0.0613. The first-order chi connectivity index (χ1) is 19.9. The summed E-state index contributed by atoms with van der Waals surface area (Å²) >= 11 is 0. The fourth-order valence-corrected chi connectivity index (χ4v) is 6.34. The molecule has 1 amide bonds. The molecule has 2 aromatic rings. The van der Waals surface area contributed by atoms with Gasteiger partial charge in [-0.2, -0.15) is 4.31 Å². The van der Waals surface area contributed by atoms with Gasteiger partial charge in [-0.15, -0.1) is 13.2 Å². The molecule has 10 heteroatoms.